The highest BCUT2D eigenvalue weighted by Gasteiger charge is 2.11. The lowest BCUT2D eigenvalue weighted by Crippen LogP contribution is -2.23. The lowest BCUT2D eigenvalue weighted by Gasteiger charge is -2.19. The zero-order valence-corrected chi connectivity index (χ0v) is 11.4. The molecule has 2 aromatic carbocycles. The summed E-state index contributed by atoms with van der Waals surface area (Å²) in [6.45, 7) is 3.05. The molecule has 1 heteroatoms. The Hall–Kier alpha value is -1.86. The number of hydrogen-bond acceptors (Lipinski definition) is 1. The van der Waals surface area contributed by atoms with Crippen LogP contribution in [0.5, 0.6) is 0 Å². The van der Waals surface area contributed by atoms with E-state index >= 15 is 0 Å². The maximum Gasteiger partial charge on any atom is 0.0576 e. The molecule has 2 aromatic rings. The van der Waals surface area contributed by atoms with Crippen molar-refractivity contribution >= 4 is 0 Å². The first-order valence-corrected chi connectivity index (χ1v) is 6.86. The second kappa shape index (κ2) is 7.55. The van der Waals surface area contributed by atoms with E-state index in [4.69, 9.17) is 0 Å². The first-order valence-electron chi connectivity index (χ1n) is 6.86. The van der Waals surface area contributed by atoms with Crippen LogP contribution in [0.25, 0.3) is 0 Å². The van der Waals surface area contributed by atoms with E-state index in [-0.39, 0.29) is 6.04 Å². The normalized spacial score (nSPS) is 11.3. The summed E-state index contributed by atoms with van der Waals surface area (Å²) in [4.78, 5) is 0. The molecule has 0 aliphatic rings. The van der Waals surface area contributed by atoms with Gasteiger partial charge in [-0.05, 0) is 31.0 Å². The first kappa shape index (κ1) is 13.6. The van der Waals surface area contributed by atoms with Gasteiger partial charge in [0, 0.05) is 0 Å². The van der Waals surface area contributed by atoms with Gasteiger partial charge < -0.3 is 5.32 Å². The summed E-state index contributed by atoms with van der Waals surface area (Å²) < 4.78 is 0. The summed E-state index contributed by atoms with van der Waals surface area (Å²) in [5.41, 5.74) is 2.63. The molecule has 0 aliphatic heterocycles. The number of benzene rings is 2. The van der Waals surface area contributed by atoms with Crippen molar-refractivity contribution in [2.24, 2.45) is 0 Å². The molecule has 0 unspecified atom stereocenters. The van der Waals surface area contributed by atoms with Crippen LogP contribution in [0.3, 0.4) is 0 Å². The summed E-state index contributed by atoms with van der Waals surface area (Å²) in [6, 6.07) is 21.5. The molecule has 0 radical (unpaired) electrons. The van der Waals surface area contributed by atoms with Crippen molar-refractivity contribution in [2.75, 3.05) is 6.54 Å². The number of rotatable bonds is 6. The molecule has 0 atom stereocenters. The molecule has 0 saturated heterocycles. The van der Waals surface area contributed by atoms with Gasteiger partial charge in [0.1, 0.15) is 0 Å². The Bertz CT molecular complexity index is 448. The highest BCUT2D eigenvalue weighted by molar-refractivity contribution is 5.31. The van der Waals surface area contributed by atoms with Crippen molar-refractivity contribution in [1.82, 2.24) is 5.32 Å². The standard InChI is InChI=1S/C18H21N/c1-2-3-10-15-19-18(16-11-6-4-7-12-16)17-13-8-5-9-14-17/h2-9,11-14,18-19H,10,15H2,1H3/b3-2+. The number of hydrogen-bond donors (Lipinski definition) is 1. The van der Waals surface area contributed by atoms with Crippen LogP contribution < -0.4 is 5.32 Å². The summed E-state index contributed by atoms with van der Waals surface area (Å²) in [6.07, 6.45) is 5.36. The highest BCUT2D eigenvalue weighted by atomic mass is 14.9. The second-order valence-electron chi connectivity index (χ2n) is 4.57. The molecule has 98 valence electrons. The zero-order valence-electron chi connectivity index (χ0n) is 11.4. The van der Waals surface area contributed by atoms with E-state index in [0.717, 1.165) is 13.0 Å². The van der Waals surface area contributed by atoms with Crippen molar-refractivity contribution in [3.8, 4) is 0 Å². The molecule has 0 aliphatic carbocycles. The molecule has 0 heterocycles. The monoisotopic (exact) mass is 251 g/mol. The fraction of sp³-hybridized carbons (Fsp3) is 0.222. The average molecular weight is 251 g/mol. The Morgan fingerprint density at radius 2 is 1.42 bits per heavy atom. The van der Waals surface area contributed by atoms with E-state index in [1.165, 1.54) is 11.1 Å². The maximum atomic E-state index is 3.64. The number of allylic oxidation sites excluding steroid dienone is 1. The molecule has 0 fully saturated rings. The van der Waals surface area contributed by atoms with E-state index in [0.29, 0.717) is 0 Å². The van der Waals surface area contributed by atoms with Crippen molar-refractivity contribution in [2.45, 2.75) is 19.4 Å². The lowest BCUT2D eigenvalue weighted by molar-refractivity contribution is 0.611. The van der Waals surface area contributed by atoms with Crippen LogP contribution in [0.1, 0.15) is 30.5 Å². The predicted octanol–water partition coefficient (Wildman–Crippen LogP) is 4.33. The SMILES string of the molecule is C/C=C/CCNC(c1ccccc1)c1ccccc1. The molecule has 0 spiro atoms. The van der Waals surface area contributed by atoms with Crippen LogP contribution in [-0.4, -0.2) is 6.54 Å². The summed E-state index contributed by atoms with van der Waals surface area (Å²) in [5.74, 6) is 0. The molecule has 1 N–H and O–H groups in total. The maximum absolute atomic E-state index is 3.64. The smallest absolute Gasteiger partial charge is 0.0576 e. The van der Waals surface area contributed by atoms with Gasteiger partial charge in [-0.3, -0.25) is 0 Å². The van der Waals surface area contributed by atoms with Gasteiger partial charge in [-0.15, -0.1) is 0 Å². The molecule has 2 rings (SSSR count). The van der Waals surface area contributed by atoms with Gasteiger partial charge in [0.15, 0.2) is 0 Å². The Balaban J connectivity index is 2.14. The topological polar surface area (TPSA) is 12.0 Å². The fourth-order valence-electron chi connectivity index (χ4n) is 2.20. The Labute approximate surface area is 116 Å². The molecule has 19 heavy (non-hydrogen) atoms. The van der Waals surface area contributed by atoms with Gasteiger partial charge in [-0.1, -0.05) is 72.8 Å². The molecule has 0 amide bonds. The van der Waals surface area contributed by atoms with Crippen LogP contribution >= 0.6 is 0 Å². The van der Waals surface area contributed by atoms with E-state index < -0.39 is 0 Å². The van der Waals surface area contributed by atoms with Crippen LogP contribution in [0.4, 0.5) is 0 Å². The van der Waals surface area contributed by atoms with Crippen molar-refractivity contribution in [1.29, 1.82) is 0 Å². The largest absolute Gasteiger partial charge is 0.306 e. The van der Waals surface area contributed by atoms with E-state index in [1.807, 2.05) is 0 Å². The van der Waals surface area contributed by atoms with Crippen LogP contribution in [0.15, 0.2) is 72.8 Å². The summed E-state index contributed by atoms with van der Waals surface area (Å²) in [5, 5.41) is 3.64. The lowest BCUT2D eigenvalue weighted by atomic mass is 9.99. The predicted molar refractivity (Wildman–Crippen MR) is 82.2 cm³/mol. The van der Waals surface area contributed by atoms with E-state index in [1.54, 1.807) is 0 Å². The first-order chi connectivity index (χ1) is 9.42. The van der Waals surface area contributed by atoms with Crippen LogP contribution in [0.2, 0.25) is 0 Å². The summed E-state index contributed by atoms with van der Waals surface area (Å²) in [7, 11) is 0. The van der Waals surface area contributed by atoms with Crippen molar-refractivity contribution < 1.29 is 0 Å². The molecule has 0 saturated carbocycles. The third kappa shape index (κ3) is 4.08. The zero-order chi connectivity index (χ0) is 13.3. The van der Waals surface area contributed by atoms with Crippen molar-refractivity contribution in [3.63, 3.8) is 0 Å². The third-order valence-corrected chi connectivity index (χ3v) is 3.16. The van der Waals surface area contributed by atoms with Gasteiger partial charge in [-0.25, -0.2) is 0 Å². The van der Waals surface area contributed by atoms with E-state index in [2.05, 4.69) is 85.1 Å². The molecular weight excluding hydrogens is 230 g/mol. The Morgan fingerprint density at radius 1 is 0.895 bits per heavy atom. The quantitative estimate of drug-likeness (QED) is 0.595. The van der Waals surface area contributed by atoms with Gasteiger partial charge >= 0.3 is 0 Å². The van der Waals surface area contributed by atoms with Gasteiger partial charge in [0.25, 0.3) is 0 Å². The molecular formula is C18H21N. The molecule has 1 nitrogen and oxygen atoms in total. The average Bonchev–Trinajstić information content (AvgIpc) is 2.49. The third-order valence-electron chi connectivity index (χ3n) is 3.16. The molecule has 0 aromatic heterocycles. The minimum atomic E-state index is 0.271. The summed E-state index contributed by atoms with van der Waals surface area (Å²) >= 11 is 0. The minimum Gasteiger partial charge on any atom is -0.306 e. The van der Waals surface area contributed by atoms with Gasteiger partial charge in [-0.2, -0.15) is 0 Å². The Kier molecular flexibility index (Phi) is 5.39. The van der Waals surface area contributed by atoms with Crippen LogP contribution in [0, 0.1) is 0 Å². The second-order valence-corrected chi connectivity index (χ2v) is 4.57. The van der Waals surface area contributed by atoms with Crippen molar-refractivity contribution in [3.05, 3.63) is 83.9 Å². The molecule has 0 bridgehead atoms. The van der Waals surface area contributed by atoms with E-state index in [9.17, 15) is 0 Å². The fourth-order valence-corrected chi connectivity index (χ4v) is 2.20. The van der Waals surface area contributed by atoms with Crippen LogP contribution in [-0.2, 0) is 0 Å². The van der Waals surface area contributed by atoms with Gasteiger partial charge in [0.2, 0.25) is 0 Å². The number of nitrogens with one attached hydrogen (secondary N) is 1. The Morgan fingerprint density at radius 3 is 1.89 bits per heavy atom. The minimum absolute atomic E-state index is 0.271. The highest BCUT2D eigenvalue weighted by Crippen LogP contribution is 2.21. The van der Waals surface area contributed by atoms with Gasteiger partial charge in [0.05, 0.1) is 6.04 Å².